The predicted octanol–water partition coefficient (Wildman–Crippen LogP) is 2.09. The van der Waals surface area contributed by atoms with Gasteiger partial charge in [0.15, 0.2) is 5.82 Å². The van der Waals surface area contributed by atoms with E-state index < -0.39 is 5.91 Å². The number of amides is 1. The summed E-state index contributed by atoms with van der Waals surface area (Å²) in [5.74, 6) is -0.425. The Kier molecular flexibility index (Phi) is 3.69. The minimum atomic E-state index is -0.583. The molecular weight excluding hydrogens is 272 g/mol. The first-order chi connectivity index (χ1) is 8.58. The molecule has 94 valence electrons. The van der Waals surface area contributed by atoms with Crippen molar-refractivity contribution in [3.05, 3.63) is 40.4 Å². The lowest BCUT2D eigenvalue weighted by Gasteiger charge is -2.05. The zero-order chi connectivity index (χ0) is 13.1. The van der Waals surface area contributed by atoms with Gasteiger partial charge in [0, 0.05) is 11.6 Å². The molecule has 0 spiro atoms. The number of hydrogen-bond acceptors (Lipinski definition) is 5. The molecule has 0 unspecified atom stereocenters. The Balaban J connectivity index is 2.11. The number of aromatic nitrogens is 1. The van der Waals surface area contributed by atoms with Crippen molar-refractivity contribution in [3.8, 4) is 0 Å². The fourth-order valence-corrected chi connectivity index (χ4v) is 2.29. The molecule has 0 saturated heterocycles. The highest BCUT2D eigenvalue weighted by atomic mass is 35.5. The normalized spacial score (nSPS) is 10.3. The number of nitrogens with one attached hydrogen (secondary N) is 1. The van der Waals surface area contributed by atoms with Crippen molar-refractivity contribution in [2.75, 3.05) is 11.1 Å². The highest BCUT2D eigenvalue weighted by Crippen LogP contribution is 2.26. The summed E-state index contributed by atoms with van der Waals surface area (Å²) in [6.45, 7) is 0.541. The van der Waals surface area contributed by atoms with Crippen LogP contribution in [0.5, 0.6) is 0 Å². The van der Waals surface area contributed by atoms with E-state index in [4.69, 9.17) is 23.1 Å². The molecule has 2 rings (SSSR count). The number of nitrogens with two attached hydrogens (primary N) is 2. The Morgan fingerprint density at radius 3 is 2.67 bits per heavy atom. The lowest BCUT2D eigenvalue weighted by molar-refractivity contribution is 0.100. The minimum Gasteiger partial charge on any atom is -0.382 e. The molecule has 2 aromatic rings. The number of rotatable bonds is 4. The van der Waals surface area contributed by atoms with E-state index in [1.54, 1.807) is 12.1 Å². The Hall–Kier alpha value is -1.79. The minimum absolute atomic E-state index is 0.158. The number of nitrogens with zero attached hydrogens (tertiary/aromatic N) is 1. The molecule has 0 saturated carbocycles. The number of primary amides is 1. The van der Waals surface area contributed by atoms with Crippen LogP contribution in [-0.2, 0) is 6.54 Å². The van der Waals surface area contributed by atoms with Gasteiger partial charge in [0.05, 0.1) is 0 Å². The average molecular weight is 283 g/mol. The molecule has 1 amide bonds. The fourth-order valence-electron chi connectivity index (χ4n) is 1.45. The second kappa shape index (κ2) is 5.24. The van der Waals surface area contributed by atoms with Gasteiger partial charge < -0.3 is 16.8 Å². The van der Waals surface area contributed by atoms with Crippen molar-refractivity contribution in [1.82, 2.24) is 4.37 Å². The van der Waals surface area contributed by atoms with Gasteiger partial charge in [-0.3, -0.25) is 4.79 Å². The van der Waals surface area contributed by atoms with E-state index in [9.17, 15) is 4.79 Å². The van der Waals surface area contributed by atoms with Crippen LogP contribution in [0.3, 0.4) is 0 Å². The van der Waals surface area contributed by atoms with Gasteiger partial charge in [-0.15, -0.1) is 0 Å². The smallest absolute Gasteiger partial charge is 0.255 e. The highest BCUT2D eigenvalue weighted by molar-refractivity contribution is 7.11. The molecule has 0 radical (unpaired) electrons. The molecule has 0 atom stereocenters. The molecule has 0 bridgehead atoms. The molecule has 0 aliphatic carbocycles. The highest BCUT2D eigenvalue weighted by Gasteiger charge is 2.16. The SMILES string of the molecule is NC(=O)c1c(N)nsc1NCc1ccc(Cl)cc1. The van der Waals surface area contributed by atoms with E-state index in [1.165, 1.54) is 0 Å². The third-order valence-electron chi connectivity index (χ3n) is 2.33. The van der Waals surface area contributed by atoms with Gasteiger partial charge in [-0.2, -0.15) is 4.37 Å². The number of benzene rings is 1. The molecule has 1 aromatic carbocycles. The van der Waals surface area contributed by atoms with Gasteiger partial charge in [-0.1, -0.05) is 23.7 Å². The lowest BCUT2D eigenvalue weighted by Crippen LogP contribution is -2.14. The van der Waals surface area contributed by atoms with E-state index in [1.807, 2.05) is 12.1 Å². The molecule has 7 heteroatoms. The third kappa shape index (κ3) is 2.72. The largest absolute Gasteiger partial charge is 0.382 e. The molecule has 1 aromatic heterocycles. The van der Waals surface area contributed by atoms with E-state index >= 15 is 0 Å². The lowest BCUT2D eigenvalue weighted by atomic mass is 10.2. The maximum atomic E-state index is 11.2. The molecule has 5 nitrogen and oxygen atoms in total. The van der Waals surface area contributed by atoms with Gasteiger partial charge in [0.25, 0.3) is 5.91 Å². The van der Waals surface area contributed by atoms with Crippen LogP contribution in [0.4, 0.5) is 10.8 Å². The van der Waals surface area contributed by atoms with Crippen molar-refractivity contribution >= 4 is 39.9 Å². The summed E-state index contributed by atoms with van der Waals surface area (Å²) < 4.78 is 3.90. The van der Waals surface area contributed by atoms with Crippen LogP contribution in [-0.4, -0.2) is 10.3 Å². The Morgan fingerprint density at radius 2 is 2.06 bits per heavy atom. The summed E-state index contributed by atoms with van der Waals surface area (Å²) in [6, 6.07) is 7.39. The van der Waals surface area contributed by atoms with Crippen molar-refractivity contribution < 1.29 is 4.79 Å². The zero-order valence-electron chi connectivity index (χ0n) is 9.31. The maximum absolute atomic E-state index is 11.2. The van der Waals surface area contributed by atoms with Gasteiger partial charge >= 0.3 is 0 Å². The summed E-state index contributed by atoms with van der Waals surface area (Å²) in [6.07, 6.45) is 0. The van der Waals surface area contributed by atoms with Gasteiger partial charge in [-0.05, 0) is 29.2 Å². The van der Waals surface area contributed by atoms with Crippen LogP contribution in [0.1, 0.15) is 15.9 Å². The summed E-state index contributed by atoms with van der Waals surface area (Å²) in [5.41, 5.74) is 12.1. The van der Waals surface area contributed by atoms with Crippen molar-refractivity contribution in [2.45, 2.75) is 6.54 Å². The van der Waals surface area contributed by atoms with Crippen molar-refractivity contribution in [2.24, 2.45) is 5.73 Å². The first-order valence-electron chi connectivity index (χ1n) is 5.11. The van der Waals surface area contributed by atoms with Crippen LogP contribution < -0.4 is 16.8 Å². The van der Waals surface area contributed by atoms with Crippen LogP contribution >= 0.6 is 23.1 Å². The summed E-state index contributed by atoms with van der Waals surface area (Å²) >= 11 is 6.91. The van der Waals surface area contributed by atoms with E-state index in [0.717, 1.165) is 17.1 Å². The van der Waals surface area contributed by atoms with Gasteiger partial charge in [0.1, 0.15) is 10.6 Å². The second-order valence-electron chi connectivity index (χ2n) is 3.62. The number of carbonyl (C=O) groups excluding carboxylic acids is 1. The molecule has 5 N–H and O–H groups in total. The van der Waals surface area contributed by atoms with Gasteiger partial charge in [-0.25, -0.2) is 0 Å². The van der Waals surface area contributed by atoms with E-state index in [2.05, 4.69) is 9.69 Å². The molecule has 0 fully saturated rings. The first-order valence-corrected chi connectivity index (χ1v) is 6.26. The van der Waals surface area contributed by atoms with Crippen LogP contribution in [0.25, 0.3) is 0 Å². The predicted molar refractivity (Wildman–Crippen MR) is 73.8 cm³/mol. The summed E-state index contributed by atoms with van der Waals surface area (Å²) in [7, 11) is 0. The summed E-state index contributed by atoms with van der Waals surface area (Å²) in [5, 5.41) is 4.34. The van der Waals surface area contributed by atoms with E-state index in [0.29, 0.717) is 16.6 Å². The van der Waals surface area contributed by atoms with E-state index in [-0.39, 0.29) is 11.4 Å². The molecule has 18 heavy (non-hydrogen) atoms. The first kappa shape index (κ1) is 12.7. The monoisotopic (exact) mass is 282 g/mol. The number of carbonyl (C=O) groups is 1. The molecular formula is C11H11ClN4OS. The summed E-state index contributed by atoms with van der Waals surface area (Å²) in [4.78, 5) is 11.2. The Morgan fingerprint density at radius 1 is 1.39 bits per heavy atom. The van der Waals surface area contributed by atoms with Crippen molar-refractivity contribution in [3.63, 3.8) is 0 Å². The maximum Gasteiger partial charge on any atom is 0.255 e. The standard InChI is InChI=1S/C11H11ClN4OS/c12-7-3-1-6(2-4-7)5-15-11-8(10(14)17)9(13)16-18-11/h1-4,15H,5H2,(H2,13,16)(H2,14,17). The quantitative estimate of drug-likeness (QED) is 0.800. The van der Waals surface area contributed by atoms with Crippen LogP contribution in [0, 0.1) is 0 Å². The number of nitrogen functional groups attached to an aromatic ring is 1. The molecule has 0 aliphatic heterocycles. The number of anilines is 2. The van der Waals surface area contributed by atoms with Gasteiger partial charge in [0.2, 0.25) is 0 Å². The average Bonchev–Trinajstić information content (AvgIpc) is 2.70. The zero-order valence-corrected chi connectivity index (χ0v) is 10.9. The Bertz CT molecular complexity index is 567. The Labute approximate surface area is 113 Å². The topological polar surface area (TPSA) is 94.0 Å². The molecule has 0 aliphatic rings. The molecule has 1 heterocycles. The second-order valence-corrected chi connectivity index (χ2v) is 4.83. The van der Waals surface area contributed by atoms with Crippen LogP contribution in [0.15, 0.2) is 24.3 Å². The fraction of sp³-hybridized carbons (Fsp3) is 0.0909. The number of hydrogen-bond donors (Lipinski definition) is 3. The van der Waals surface area contributed by atoms with Crippen molar-refractivity contribution in [1.29, 1.82) is 0 Å². The third-order valence-corrected chi connectivity index (χ3v) is 3.40. The number of halogens is 1. The van der Waals surface area contributed by atoms with Crippen LogP contribution in [0.2, 0.25) is 5.02 Å².